The van der Waals surface area contributed by atoms with Gasteiger partial charge in [-0.2, -0.15) is 0 Å². The highest BCUT2D eigenvalue weighted by molar-refractivity contribution is 7.09. The molecule has 98 valence electrons. The molecular weight excluding hydrogens is 252 g/mol. The Morgan fingerprint density at radius 3 is 2.76 bits per heavy atom. The minimum atomic E-state index is 0.533. The zero-order valence-electron chi connectivity index (χ0n) is 11.1. The minimum absolute atomic E-state index is 0.533. The van der Waals surface area contributed by atoms with Gasteiger partial charge in [0.15, 0.2) is 0 Å². The van der Waals surface area contributed by atoms with Gasteiger partial charge in [0, 0.05) is 11.8 Å². The molecule has 2 nitrogen and oxygen atoms in total. The van der Waals surface area contributed by atoms with E-state index in [1.165, 1.54) is 24.4 Å². The fourth-order valence-electron chi connectivity index (χ4n) is 1.62. The highest BCUT2D eigenvalue weighted by Crippen LogP contribution is 2.13. The first-order chi connectivity index (χ1) is 8.11. The first-order valence-electron chi connectivity index (χ1n) is 6.29. The van der Waals surface area contributed by atoms with E-state index >= 15 is 0 Å². The maximum absolute atomic E-state index is 5.73. The van der Waals surface area contributed by atoms with Crippen LogP contribution >= 0.6 is 22.9 Å². The lowest BCUT2D eigenvalue weighted by Crippen LogP contribution is -2.22. The van der Waals surface area contributed by atoms with Crippen molar-refractivity contribution in [2.45, 2.75) is 39.0 Å². The topological polar surface area (TPSA) is 16.1 Å². The highest BCUT2D eigenvalue weighted by atomic mass is 35.5. The Labute approximate surface area is 114 Å². The van der Waals surface area contributed by atoms with Crippen LogP contribution in [-0.2, 0) is 12.3 Å². The fourth-order valence-corrected chi connectivity index (χ4v) is 2.68. The van der Waals surface area contributed by atoms with Crippen LogP contribution in [0.5, 0.6) is 0 Å². The van der Waals surface area contributed by atoms with Crippen molar-refractivity contribution in [3.05, 3.63) is 16.1 Å². The van der Waals surface area contributed by atoms with E-state index in [1.54, 1.807) is 11.3 Å². The molecule has 0 fully saturated rings. The summed E-state index contributed by atoms with van der Waals surface area (Å²) in [5.41, 5.74) is 1.01. The van der Waals surface area contributed by atoms with Crippen molar-refractivity contribution in [2.75, 3.05) is 20.1 Å². The number of thiazole rings is 1. The second kappa shape index (κ2) is 8.06. The number of hydrogen-bond donors (Lipinski definition) is 0. The van der Waals surface area contributed by atoms with Crippen molar-refractivity contribution in [1.29, 1.82) is 0 Å². The molecule has 0 bridgehead atoms. The Balaban J connectivity index is 2.14. The molecule has 1 aromatic rings. The molecule has 0 saturated heterocycles. The number of halogens is 1. The van der Waals surface area contributed by atoms with Gasteiger partial charge in [0.2, 0.25) is 0 Å². The third kappa shape index (κ3) is 6.39. The molecule has 0 amide bonds. The Morgan fingerprint density at radius 1 is 1.41 bits per heavy atom. The zero-order valence-corrected chi connectivity index (χ0v) is 12.7. The first-order valence-corrected chi connectivity index (χ1v) is 7.71. The van der Waals surface area contributed by atoms with Crippen LogP contribution in [0.4, 0.5) is 0 Å². The summed E-state index contributed by atoms with van der Waals surface area (Å²) in [5, 5.41) is 3.28. The molecule has 0 saturated carbocycles. The summed E-state index contributed by atoms with van der Waals surface area (Å²) in [6, 6.07) is 0. The SMILES string of the molecule is CC(C)CCN(C)CCCc1nc(CCl)cs1. The molecule has 1 rings (SSSR count). The third-order valence-electron chi connectivity index (χ3n) is 2.75. The van der Waals surface area contributed by atoms with Gasteiger partial charge >= 0.3 is 0 Å². The molecule has 0 aromatic carbocycles. The van der Waals surface area contributed by atoms with E-state index in [0.29, 0.717) is 5.88 Å². The average molecular weight is 275 g/mol. The van der Waals surface area contributed by atoms with E-state index in [2.05, 4.69) is 36.2 Å². The molecule has 0 spiro atoms. The summed E-state index contributed by atoms with van der Waals surface area (Å²) in [4.78, 5) is 6.88. The summed E-state index contributed by atoms with van der Waals surface area (Å²) in [5.74, 6) is 1.33. The highest BCUT2D eigenvalue weighted by Gasteiger charge is 2.03. The maximum Gasteiger partial charge on any atom is 0.0929 e. The van der Waals surface area contributed by atoms with Crippen molar-refractivity contribution >= 4 is 22.9 Å². The lowest BCUT2D eigenvalue weighted by molar-refractivity contribution is 0.307. The molecule has 1 heterocycles. The molecule has 0 aliphatic rings. The van der Waals surface area contributed by atoms with E-state index in [1.807, 2.05) is 0 Å². The van der Waals surface area contributed by atoms with E-state index in [4.69, 9.17) is 11.6 Å². The Bertz CT molecular complexity index is 312. The summed E-state index contributed by atoms with van der Waals surface area (Å²) in [6.07, 6.45) is 3.54. The Kier molecular flexibility index (Phi) is 7.09. The zero-order chi connectivity index (χ0) is 12.7. The number of aromatic nitrogens is 1. The normalized spacial score (nSPS) is 11.6. The molecule has 1 aromatic heterocycles. The van der Waals surface area contributed by atoms with Gasteiger partial charge < -0.3 is 4.90 Å². The molecule has 17 heavy (non-hydrogen) atoms. The van der Waals surface area contributed by atoms with Crippen LogP contribution in [0.1, 0.15) is 37.4 Å². The van der Waals surface area contributed by atoms with Crippen LogP contribution in [0.2, 0.25) is 0 Å². The first kappa shape index (κ1) is 14.9. The van der Waals surface area contributed by atoms with Crippen LogP contribution in [0.25, 0.3) is 0 Å². The van der Waals surface area contributed by atoms with Crippen LogP contribution < -0.4 is 0 Å². The predicted octanol–water partition coefficient (Wildman–Crippen LogP) is 3.79. The lowest BCUT2D eigenvalue weighted by atomic mass is 10.1. The molecule has 0 N–H and O–H groups in total. The predicted molar refractivity (Wildman–Crippen MR) is 76.9 cm³/mol. The number of nitrogens with zero attached hydrogens (tertiary/aromatic N) is 2. The van der Waals surface area contributed by atoms with Crippen molar-refractivity contribution in [3.63, 3.8) is 0 Å². The van der Waals surface area contributed by atoms with Gasteiger partial charge in [-0.3, -0.25) is 0 Å². The fraction of sp³-hybridized carbons (Fsp3) is 0.769. The summed E-state index contributed by atoms with van der Waals surface area (Å²) in [7, 11) is 2.20. The van der Waals surface area contributed by atoms with Gasteiger partial charge in [0.25, 0.3) is 0 Å². The molecule has 0 radical (unpaired) electrons. The summed E-state index contributed by atoms with van der Waals surface area (Å²) >= 11 is 7.46. The van der Waals surface area contributed by atoms with Gasteiger partial charge in [-0.15, -0.1) is 22.9 Å². The summed E-state index contributed by atoms with van der Waals surface area (Å²) in [6.45, 7) is 6.90. The molecule has 4 heteroatoms. The standard InChI is InChI=1S/C13H23ClN2S/c1-11(2)6-8-16(3)7-4-5-13-15-12(9-14)10-17-13/h10-11H,4-9H2,1-3H3. The molecule has 0 atom stereocenters. The van der Waals surface area contributed by atoms with E-state index < -0.39 is 0 Å². The molecule has 0 aliphatic carbocycles. The van der Waals surface area contributed by atoms with E-state index in [-0.39, 0.29) is 0 Å². The number of aryl methyl sites for hydroxylation is 1. The molecular formula is C13H23ClN2S. The van der Waals surface area contributed by atoms with Gasteiger partial charge in [0.1, 0.15) is 0 Å². The van der Waals surface area contributed by atoms with Crippen molar-refractivity contribution < 1.29 is 0 Å². The number of hydrogen-bond acceptors (Lipinski definition) is 3. The third-order valence-corrected chi connectivity index (χ3v) is 3.99. The Hall–Kier alpha value is -0.120. The maximum atomic E-state index is 5.73. The monoisotopic (exact) mass is 274 g/mol. The Morgan fingerprint density at radius 2 is 2.18 bits per heavy atom. The second-order valence-corrected chi connectivity index (χ2v) is 6.17. The minimum Gasteiger partial charge on any atom is -0.306 e. The van der Waals surface area contributed by atoms with Crippen molar-refractivity contribution in [2.24, 2.45) is 5.92 Å². The van der Waals surface area contributed by atoms with Gasteiger partial charge in [0.05, 0.1) is 16.6 Å². The van der Waals surface area contributed by atoms with Gasteiger partial charge in [-0.1, -0.05) is 13.8 Å². The van der Waals surface area contributed by atoms with Crippen LogP contribution in [-0.4, -0.2) is 30.0 Å². The van der Waals surface area contributed by atoms with Gasteiger partial charge in [-0.25, -0.2) is 4.98 Å². The van der Waals surface area contributed by atoms with E-state index in [9.17, 15) is 0 Å². The number of alkyl halides is 1. The smallest absolute Gasteiger partial charge is 0.0929 e. The average Bonchev–Trinajstić information content (AvgIpc) is 2.74. The van der Waals surface area contributed by atoms with Crippen LogP contribution in [0, 0.1) is 5.92 Å². The molecule has 0 aliphatic heterocycles. The van der Waals surface area contributed by atoms with Gasteiger partial charge in [-0.05, 0) is 38.9 Å². The quantitative estimate of drug-likeness (QED) is 0.671. The second-order valence-electron chi connectivity index (χ2n) is 4.96. The number of rotatable bonds is 8. The van der Waals surface area contributed by atoms with Crippen molar-refractivity contribution in [1.82, 2.24) is 9.88 Å². The largest absolute Gasteiger partial charge is 0.306 e. The van der Waals surface area contributed by atoms with Crippen molar-refractivity contribution in [3.8, 4) is 0 Å². The lowest BCUT2D eigenvalue weighted by Gasteiger charge is -2.17. The van der Waals surface area contributed by atoms with Crippen LogP contribution in [0.3, 0.4) is 0 Å². The molecule has 0 unspecified atom stereocenters. The van der Waals surface area contributed by atoms with Crippen LogP contribution in [0.15, 0.2) is 5.38 Å². The van der Waals surface area contributed by atoms with E-state index in [0.717, 1.165) is 24.6 Å². The summed E-state index contributed by atoms with van der Waals surface area (Å²) < 4.78 is 0.